The molecule has 0 fully saturated rings. The largest absolute Gasteiger partial charge is 0.291 e. The molecule has 0 saturated heterocycles. The quantitative estimate of drug-likeness (QED) is 0.674. The minimum absolute atomic E-state index is 0.560. The second-order valence-electron chi connectivity index (χ2n) is 2.97. The zero-order valence-electron chi connectivity index (χ0n) is 7.68. The van der Waals surface area contributed by atoms with E-state index in [9.17, 15) is 0 Å². The zero-order valence-corrected chi connectivity index (χ0v) is 7.68. The molecule has 0 bridgehead atoms. The van der Waals surface area contributed by atoms with Gasteiger partial charge in [-0.25, -0.2) is 0 Å². The maximum Gasteiger partial charge on any atom is 0.160 e. The van der Waals surface area contributed by atoms with Crippen molar-refractivity contribution in [1.29, 1.82) is 5.26 Å². The topological polar surface area (TPSA) is 54.5 Å². The lowest BCUT2D eigenvalue weighted by atomic mass is 10.3. The molecule has 2 aromatic rings. The van der Waals surface area contributed by atoms with Crippen molar-refractivity contribution in [1.82, 2.24) is 14.8 Å². The molecule has 0 unspecified atom stereocenters. The highest BCUT2D eigenvalue weighted by Gasteiger charge is 2.03. The number of aryl methyl sites for hydroxylation is 1. The van der Waals surface area contributed by atoms with Crippen molar-refractivity contribution in [3.63, 3.8) is 0 Å². The van der Waals surface area contributed by atoms with E-state index in [0.717, 1.165) is 5.56 Å². The highest BCUT2D eigenvalue weighted by atomic mass is 15.2. The van der Waals surface area contributed by atoms with Crippen molar-refractivity contribution in [2.45, 2.75) is 6.92 Å². The number of hydrogen-bond acceptors (Lipinski definition) is 3. The van der Waals surface area contributed by atoms with Gasteiger partial charge in [0.25, 0.3) is 0 Å². The molecule has 0 aliphatic carbocycles. The summed E-state index contributed by atoms with van der Waals surface area (Å²) in [6.45, 7) is 1.94. The zero-order chi connectivity index (χ0) is 9.97. The standard InChI is InChI=1S/C10H8N4/c1-8-5-10(13-12-7-8)14-4-2-3-9(14)6-11/h2-5,7H,1H3. The molecule has 0 radical (unpaired) electrons. The Kier molecular flexibility index (Phi) is 1.99. The van der Waals surface area contributed by atoms with Crippen LogP contribution in [-0.4, -0.2) is 14.8 Å². The van der Waals surface area contributed by atoms with Gasteiger partial charge < -0.3 is 0 Å². The predicted molar refractivity (Wildman–Crippen MR) is 50.8 cm³/mol. The Morgan fingerprint density at radius 3 is 3.07 bits per heavy atom. The van der Waals surface area contributed by atoms with E-state index in [-0.39, 0.29) is 0 Å². The summed E-state index contributed by atoms with van der Waals surface area (Å²) in [4.78, 5) is 0. The average molecular weight is 184 g/mol. The van der Waals surface area contributed by atoms with Gasteiger partial charge in [-0.15, -0.1) is 5.10 Å². The smallest absolute Gasteiger partial charge is 0.160 e. The lowest BCUT2D eigenvalue weighted by molar-refractivity contribution is 0.901. The van der Waals surface area contributed by atoms with Gasteiger partial charge in [0.2, 0.25) is 0 Å². The SMILES string of the molecule is Cc1cnnc(-n2cccc2C#N)c1. The number of hydrogen-bond donors (Lipinski definition) is 0. The summed E-state index contributed by atoms with van der Waals surface area (Å²) in [6, 6.07) is 7.52. The van der Waals surface area contributed by atoms with Crippen LogP contribution in [-0.2, 0) is 0 Å². The van der Waals surface area contributed by atoms with Crippen LogP contribution in [0, 0.1) is 18.3 Å². The highest BCUT2D eigenvalue weighted by molar-refractivity contribution is 5.34. The Bertz CT molecular complexity index is 493. The van der Waals surface area contributed by atoms with Crippen LogP contribution in [0.15, 0.2) is 30.6 Å². The van der Waals surface area contributed by atoms with Crippen molar-refractivity contribution in [2.75, 3.05) is 0 Å². The predicted octanol–water partition coefficient (Wildman–Crippen LogP) is 1.45. The Hall–Kier alpha value is -2.15. The average Bonchev–Trinajstić information content (AvgIpc) is 2.65. The van der Waals surface area contributed by atoms with E-state index in [1.165, 1.54) is 0 Å². The van der Waals surface area contributed by atoms with Gasteiger partial charge in [-0.05, 0) is 30.7 Å². The van der Waals surface area contributed by atoms with E-state index in [1.807, 2.05) is 19.1 Å². The van der Waals surface area contributed by atoms with Gasteiger partial charge >= 0.3 is 0 Å². The monoisotopic (exact) mass is 184 g/mol. The molecule has 2 rings (SSSR count). The number of aromatic nitrogens is 3. The van der Waals surface area contributed by atoms with E-state index >= 15 is 0 Å². The molecule has 0 aromatic carbocycles. The van der Waals surface area contributed by atoms with Gasteiger partial charge in [0.15, 0.2) is 5.82 Å². The van der Waals surface area contributed by atoms with Crippen LogP contribution in [0.3, 0.4) is 0 Å². The third-order valence-electron chi connectivity index (χ3n) is 1.89. The minimum atomic E-state index is 0.560. The van der Waals surface area contributed by atoms with Crippen LogP contribution in [0.2, 0.25) is 0 Å². The van der Waals surface area contributed by atoms with Crippen LogP contribution in [0.25, 0.3) is 5.82 Å². The molecule has 14 heavy (non-hydrogen) atoms. The molecule has 4 nitrogen and oxygen atoms in total. The first-order valence-electron chi connectivity index (χ1n) is 4.18. The van der Waals surface area contributed by atoms with Gasteiger partial charge in [-0.1, -0.05) is 0 Å². The van der Waals surface area contributed by atoms with E-state index in [4.69, 9.17) is 5.26 Å². The van der Waals surface area contributed by atoms with Crippen LogP contribution in [0.1, 0.15) is 11.3 Å². The first-order chi connectivity index (χ1) is 6.81. The van der Waals surface area contributed by atoms with Crippen LogP contribution >= 0.6 is 0 Å². The molecule has 0 spiro atoms. The summed E-state index contributed by atoms with van der Waals surface area (Å²) in [5.74, 6) is 0.673. The fourth-order valence-electron chi connectivity index (χ4n) is 1.24. The first kappa shape index (κ1) is 8.45. The third-order valence-corrected chi connectivity index (χ3v) is 1.89. The van der Waals surface area contributed by atoms with Gasteiger partial charge in [-0.2, -0.15) is 10.4 Å². The maximum atomic E-state index is 8.82. The molecule has 2 aromatic heterocycles. The molecule has 0 amide bonds. The first-order valence-corrected chi connectivity index (χ1v) is 4.18. The van der Waals surface area contributed by atoms with Gasteiger partial charge in [0, 0.05) is 6.20 Å². The number of nitriles is 1. The number of rotatable bonds is 1. The highest BCUT2D eigenvalue weighted by Crippen LogP contribution is 2.09. The van der Waals surface area contributed by atoms with E-state index in [2.05, 4.69) is 16.3 Å². The number of nitrogens with zero attached hydrogens (tertiary/aromatic N) is 4. The Morgan fingerprint density at radius 1 is 1.50 bits per heavy atom. The summed E-state index contributed by atoms with van der Waals surface area (Å²) in [5.41, 5.74) is 1.58. The molecule has 0 aliphatic rings. The minimum Gasteiger partial charge on any atom is -0.291 e. The molecule has 0 atom stereocenters. The van der Waals surface area contributed by atoms with Crippen molar-refractivity contribution >= 4 is 0 Å². The summed E-state index contributed by atoms with van der Waals surface area (Å²) in [6.07, 6.45) is 3.47. The van der Waals surface area contributed by atoms with Gasteiger partial charge in [0.1, 0.15) is 11.8 Å². The van der Waals surface area contributed by atoms with E-state index in [0.29, 0.717) is 11.5 Å². The lowest BCUT2D eigenvalue weighted by Crippen LogP contribution is -2.00. The van der Waals surface area contributed by atoms with Crippen LogP contribution in [0.4, 0.5) is 0 Å². The molecular formula is C10H8N4. The third kappa shape index (κ3) is 1.36. The lowest BCUT2D eigenvalue weighted by Gasteiger charge is -2.02. The molecular weight excluding hydrogens is 176 g/mol. The van der Waals surface area contributed by atoms with Crippen molar-refractivity contribution in [3.8, 4) is 11.9 Å². The molecule has 68 valence electrons. The second-order valence-corrected chi connectivity index (χ2v) is 2.97. The van der Waals surface area contributed by atoms with Crippen molar-refractivity contribution in [3.05, 3.63) is 41.9 Å². The van der Waals surface area contributed by atoms with Crippen LogP contribution in [0.5, 0.6) is 0 Å². The second kappa shape index (κ2) is 3.30. The van der Waals surface area contributed by atoms with Crippen molar-refractivity contribution < 1.29 is 0 Å². The molecule has 0 N–H and O–H groups in total. The molecule has 0 saturated carbocycles. The molecule has 0 aliphatic heterocycles. The molecule has 4 heteroatoms. The Labute approximate surface area is 81.4 Å². The van der Waals surface area contributed by atoms with Gasteiger partial charge in [0.05, 0.1) is 6.20 Å². The molecule has 2 heterocycles. The normalized spacial score (nSPS) is 9.71. The maximum absolute atomic E-state index is 8.82. The summed E-state index contributed by atoms with van der Waals surface area (Å²) in [7, 11) is 0. The van der Waals surface area contributed by atoms with E-state index < -0.39 is 0 Å². The Balaban J connectivity index is 2.56. The van der Waals surface area contributed by atoms with Gasteiger partial charge in [-0.3, -0.25) is 4.57 Å². The van der Waals surface area contributed by atoms with E-state index in [1.54, 1.807) is 23.0 Å². The fraction of sp³-hybridized carbons (Fsp3) is 0.100. The van der Waals surface area contributed by atoms with Crippen LogP contribution < -0.4 is 0 Å². The summed E-state index contributed by atoms with van der Waals surface area (Å²) >= 11 is 0. The Morgan fingerprint density at radius 2 is 2.36 bits per heavy atom. The van der Waals surface area contributed by atoms with Crippen molar-refractivity contribution in [2.24, 2.45) is 0 Å². The fourth-order valence-corrected chi connectivity index (χ4v) is 1.24. The summed E-state index contributed by atoms with van der Waals surface area (Å²) in [5, 5.41) is 16.6. The summed E-state index contributed by atoms with van der Waals surface area (Å²) < 4.78 is 1.71.